The highest BCUT2D eigenvalue weighted by Gasteiger charge is 2.15. The van der Waals surface area contributed by atoms with Gasteiger partial charge in [0.25, 0.3) is 0 Å². The molecule has 20 heavy (non-hydrogen) atoms. The number of unbranched alkanes of at least 4 members (excludes halogenated alkanes) is 1. The van der Waals surface area contributed by atoms with Crippen molar-refractivity contribution in [2.75, 3.05) is 20.3 Å². The van der Waals surface area contributed by atoms with E-state index in [1.807, 2.05) is 24.3 Å². The molecule has 0 heterocycles. The number of hydrogen-bond acceptors (Lipinski definition) is 3. The van der Waals surface area contributed by atoms with Crippen LogP contribution in [0, 0.1) is 0 Å². The highest BCUT2D eigenvalue weighted by molar-refractivity contribution is 6.06. The lowest BCUT2D eigenvalue weighted by Crippen LogP contribution is -2.06. The third-order valence-corrected chi connectivity index (χ3v) is 3.11. The van der Waals surface area contributed by atoms with Crippen molar-refractivity contribution < 1.29 is 19.4 Å². The van der Waals surface area contributed by atoms with Crippen molar-refractivity contribution in [2.45, 2.75) is 12.8 Å². The summed E-state index contributed by atoms with van der Waals surface area (Å²) in [5.74, 6) is -0.540. The van der Waals surface area contributed by atoms with E-state index < -0.39 is 5.97 Å². The summed E-state index contributed by atoms with van der Waals surface area (Å²) in [4.78, 5) is 11.5. The molecule has 0 atom stereocenters. The molecule has 2 aromatic carbocycles. The lowest BCUT2D eigenvalue weighted by molar-refractivity contribution is 0.0694. The Morgan fingerprint density at radius 2 is 1.85 bits per heavy atom. The zero-order chi connectivity index (χ0) is 14.4. The highest BCUT2D eigenvalue weighted by atomic mass is 16.5. The number of carboxylic acids is 1. The molecule has 0 spiro atoms. The van der Waals surface area contributed by atoms with Crippen LogP contribution in [-0.4, -0.2) is 31.4 Å². The van der Waals surface area contributed by atoms with E-state index in [1.165, 1.54) is 0 Å². The summed E-state index contributed by atoms with van der Waals surface area (Å²) in [6.45, 7) is 1.18. The molecule has 0 aliphatic carbocycles. The Balaban J connectivity index is 2.20. The first kappa shape index (κ1) is 14.3. The lowest BCUT2D eigenvalue weighted by atomic mass is 10.0. The highest BCUT2D eigenvalue weighted by Crippen LogP contribution is 2.28. The van der Waals surface area contributed by atoms with Crippen LogP contribution in [0.1, 0.15) is 23.2 Å². The van der Waals surface area contributed by atoms with Crippen LogP contribution in [0.5, 0.6) is 5.75 Å². The standard InChI is InChI=1S/C16H18O4/c1-19-10-4-5-11-20-14-9-8-12-6-2-3-7-13(12)15(14)16(17)18/h2-3,6-9H,4-5,10-11H2,1H3,(H,17,18). The normalized spacial score (nSPS) is 10.7. The van der Waals surface area contributed by atoms with Crippen LogP contribution in [0.25, 0.3) is 10.8 Å². The maximum atomic E-state index is 11.5. The van der Waals surface area contributed by atoms with Gasteiger partial charge in [-0.05, 0) is 29.7 Å². The van der Waals surface area contributed by atoms with E-state index in [1.54, 1.807) is 19.2 Å². The Kier molecular flexibility index (Phi) is 4.96. The van der Waals surface area contributed by atoms with Gasteiger partial charge in [0.1, 0.15) is 11.3 Å². The molecule has 0 amide bonds. The van der Waals surface area contributed by atoms with E-state index in [-0.39, 0.29) is 5.56 Å². The minimum Gasteiger partial charge on any atom is -0.493 e. The van der Waals surface area contributed by atoms with Crippen molar-refractivity contribution >= 4 is 16.7 Å². The van der Waals surface area contributed by atoms with Gasteiger partial charge in [0.05, 0.1) is 6.61 Å². The summed E-state index contributed by atoms with van der Waals surface area (Å²) in [5.41, 5.74) is 0.231. The number of carbonyl (C=O) groups is 1. The van der Waals surface area contributed by atoms with Crippen molar-refractivity contribution in [3.05, 3.63) is 42.0 Å². The molecule has 0 aliphatic rings. The molecule has 4 nitrogen and oxygen atoms in total. The minimum absolute atomic E-state index is 0.231. The third-order valence-electron chi connectivity index (χ3n) is 3.11. The second-order valence-corrected chi connectivity index (χ2v) is 4.51. The Bertz CT molecular complexity index is 592. The molecular formula is C16H18O4. The Labute approximate surface area is 117 Å². The van der Waals surface area contributed by atoms with E-state index >= 15 is 0 Å². The molecule has 0 aromatic heterocycles. The number of hydrogen-bond donors (Lipinski definition) is 1. The van der Waals surface area contributed by atoms with E-state index in [4.69, 9.17) is 9.47 Å². The summed E-state index contributed by atoms with van der Waals surface area (Å²) in [6.07, 6.45) is 1.73. The molecule has 0 radical (unpaired) electrons. The van der Waals surface area contributed by atoms with Crippen molar-refractivity contribution in [3.63, 3.8) is 0 Å². The van der Waals surface area contributed by atoms with Gasteiger partial charge >= 0.3 is 5.97 Å². The molecule has 0 unspecified atom stereocenters. The molecule has 0 bridgehead atoms. The molecule has 0 saturated heterocycles. The van der Waals surface area contributed by atoms with Gasteiger partial charge in [-0.15, -0.1) is 0 Å². The van der Waals surface area contributed by atoms with Gasteiger partial charge in [0.15, 0.2) is 0 Å². The largest absolute Gasteiger partial charge is 0.493 e. The SMILES string of the molecule is COCCCCOc1ccc2ccccc2c1C(=O)O. The molecular weight excluding hydrogens is 256 g/mol. The summed E-state index contributed by atoms with van der Waals surface area (Å²) in [5, 5.41) is 11.0. The predicted molar refractivity (Wildman–Crippen MR) is 77.5 cm³/mol. The van der Waals surface area contributed by atoms with Crippen LogP contribution < -0.4 is 4.74 Å². The van der Waals surface area contributed by atoms with Gasteiger partial charge in [0.2, 0.25) is 0 Å². The molecule has 2 rings (SSSR count). The number of carboxylic acid groups (broad SMARTS) is 1. The second-order valence-electron chi connectivity index (χ2n) is 4.51. The smallest absolute Gasteiger partial charge is 0.340 e. The van der Waals surface area contributed by atoms with Crippen molar-refractivity contribution in [1.29, 1.82) is 0 Å². The maximum absolute atomic E-state index is 11.5. The maximum Gasteiger partial charge on any atom is 0.340 e. The summed E-state index contributed by atoms with van der Waals surface area (Å²) < 4.78 is 10.6. The topological polar surface area (TPSA) is 55.8 Å². The Hall–Kier alpha value is -2.07. The summed E-state index contributed by atoms with van der Waals surface area (Å²) >= 11 is 0. The van der Waals surface area contributed by atoms with Crippen molar-refractivity contribution in [3.8, 4) is 5.75 Å². The van der Waals surface area contributed by atoms with Gasteiger partial charge in [0, 0.05) is 13.7 Å². The molecule has 0 aliphatic heterocycles. The van der Waals surface area contributed by atoms with Gasteiger partial charge in [-0.1, -0.05) is 30.3 Å². The Morgan fingerprint density at radius 3 is 2.60 bits per heavy atom. The average molecular weight is 274 g/mol. The van der Waals surface area contributed by atoms with E-state index in [2.05, 4.69) is 0 Å². The predicted octanol–water partition coefficient (Wildman–Crippen LogP) is 3.34. The van der Waals surface area contributed by atoms with Gasteiger partial charge < -0.3 is 14.6 Å². The number of aromatic carboxylic acids is 1. The van der Waals surface area contributed by atoms with E-state index in [0.29, 0.717) is 24.3 Å². The first-order chi connectivity index (χ1) is 9.74. The number of methoxy groups -OCH3 is 1. The van der Waals surface area contributed by atoms with Crippen molar-refractivity contribution in [2.24, 2.45) is 0 Å². The fourth-order valence-electron chi connectivity index (χ4n) is 2.12. The van der Waals surface area contributed by atoms with Crippen LogP contribution in [0.2, 0.25) is 0 Å². The van der Waals surface area contributed by atoms with Crippen LogP contribution in [0.3, 0.4) is 0 Å². The first-order valence-electron chi connectivity index (χ1n) is 6.61. The lowest BCUT2D eigenvalue weighted by Gasteiger charge is -2.11. The monoisotopic (exact) mass is 274 g/mol. The average Bonchev–Trinajstić information content (AvgIpc) is 2.46. The zero-order valence-corrected chi connectivity index (χ0v) is 11.5. The number of ether oxygens (including phenoxy) is 2. The molecule has 1 N–H and O–H groups in total. The minimum atomic E-state index is -0.964. The van der Waals surface area contributed by atoms with E-state index in [9.17, 15) is 9.90 Å². The Morgan fingerprint density at radius 1 is 1.10 bits per heavy atom. The van der Waals surface area contributed by atoms with Crippen LogP contribution >= 0.6 is 0 Å². The summed E-state index contributed by atoms with van der Waals surface area (Å²) in [6, 6.07) is 11.0. The van der Waals surface area contributed by atoms with Gasteiger partial charge in [-0.3, -0.25) is 0 Å². The quantitative estimate of drug-likeness (QED) is 0.787. The van der Waals surface area contributed by atoms with Crippen molar-refractivity contribution in [1.82, 2.24) is 0 Å². The number of benzene rings is 2. The molecule has 0 fully saturated rings. The first-order valence-corrected chi connectivity index (χ1v) is 6.61. The molecule has 106 valence electrons. The van der Waals surface area contributed by atoms with Gasteiger partial charge in [-0.2, -0.15) is 0 Å². The van der Waals surface area contributed by atoms with Crippen LogP contribution in [0.4, 0.5) is 0 Å². The number of fused-ring (bicyclic) bond motifs is 1. The number of rotatable bonds is 7. The van der Waals surface area contributed by atoms with Crippen LogP contribution in [-0.2, 0) is 4.74 Å². The summed E-state index contributed by atoms with van der Waals surface area (Å²) in [7, 11) is 1.66. The molecule has 2 aromatic rings. The van der Waals surface area contributed by atoms with Crippen LogP contribution in [0.15, 0.2) is 36.4 Å². The fraction of sp³-hybridized carbons (Fsp3) is 0.312. The molecule has 4 heteroatoms. The fourth-order valence-corrected chi connectivity index (χ4v) is 2.12. The second kappa shape index (κ2) is 6.91. The van der Waals surface area contributed by atoms with E-state index in [0.717, 1.165) is 18.2 Å². The third kappa shape index (κ3) is 3.27. The zero-order valence-electron chi connectivity index (χ0n) is 11.5. The van der Waals surface area contributed by atoms with Gasteiger partial charge in [-0.25, -0.2) is 4.79 Å². The molecule has 0 saturated carbocycles.